The van der Waals surface area contributed by atoms with Crippen molar-refractivity contribution in [2.45, 2.75) is 70.8 Å². The fraction of sp³-hybridized carbons (Fsp3) is 0.722. The molecule has 2 aliphatic rings. The van der Waals surface area contributed by atoms with Gasteiger partial charge < -0.3 is 15.5 Å². The summed E-state index contributed by atoms with van der Waals surface area (Å²) in [6.45, 7) is 4.18. The zero-order valence-electron chi connectivity index (χ0n) is 14.7. The van der Waals surface area contributed by atoms with Gasteiger partial charge in [0.15, 0.2) is 5.11 Å². The summed E-state index contributed by atoms with van der Waals surface area (Å²) in [7, 11) is 0. The van der Waals surface area contributed by atoms with E-state index in [0.717, 1.165) is 24.6 Å². The third kappa shape index (κ3) is 5.03. The largest absolute Gasteiger partial charge is 0.360 e. The fourth-order valence-electron chi connectivity index (χ4n) is 3.64. The molecule has 0 aromatic carbocycles. The number of piperidine rings is 1. The summed E-state index contributed by atoms with van der Waals surface area (Å²) in [5, 5.41) is 7.30. The van der Waals surface area contributed by atoms with Gasteiger partial charge in [-0.05, 0) is 51.2 Å². The minimum absolute atomic E-state index is 0.485. The Kier molecular flexibility index (Phi) is 6.24. The van der Waals surface area contributed by atoms with E-state index in [2.05, 4.69) is 31.6 Å². The predicted molar refractivity (Wildman–Crippen MR) is 104 cm³/mol. The molecular formula is C18H29N5S. The molecule has 0 amide bonds. The molecule has 0 bridgehead atoms. The molecule has 5 nitrogen and oxygen atoms in total. The average Bonchev–Trinajstić information content (AvgIpc) is 2.83. The maximum Gasteiger partial charge on any atom is 0.231 e. The summed E-state index contributed by atoms with van der Waals surface area (Å²) < 4.78 is 0. The molecule has 1 aliphatic heterocycles. The SMILES string of the molecule is Cc1cc(N2CCCCC2)nc(NC(=S)NC2CCCCCC2)n1. The van der Waals surface area contributed by atoms with Crippen molar-refractivity contribution in [3.8, 4) is 0 Å². The van der Waals surface area contributed by atoms with Crippen LogP contribution in [-0.2, 0) is 0 Å². The Balaban J connectivity index is 1.61. The molecule has 1 saturated carbocycles. The summed E-state index contributed by atoms with van der Waals surface area (Å²) >= 11 is 5.49. The molecule has 1 aliphatic carbocycles. The number of nitrogens with zero attached hydrogens (tertiary/aromatic N) is 3. The molecule has 3 rings (SSSR count). The van der Waals surface area contributed by atoms with Crippen molar-refractivity contribution in [2.24, 2.45) is 0 Å². The number of rotatable bonds is 3. The topological polar surface area (TPSA) is 53.1 Å². The van der Waals surface area contributed by atoms with Gasteiger partial charge in [-0.25, -0.2) is 4.98 Å². The Morgan fingerprint density at radius 3 is 2.42 bits per heavy atom. The lowest BCUT2D eigenvalue weighted by molar-refractivity contribution is 0.535. The predicted octanol–water partition coefficient (Wildman–Crippen LogP) is 3.78. The number of thiocarbonyl (C=S) groups is 1. The van der Waals surface area contributed by atoms with Crippen LogP contribution in [0.3, 0.4) is 0 Å². The molecule has 0 atom stereocenters. The van der Waals surface area contributed by atoms with Crippen LogP contribution in [0.15, 0.2) is 6.07 Å². The maximum atomic E-state index is 5.49. The fourth-order valence-corrected chi connectivity index (χ4v) is 3.90. The normalized spacial score (nSPS) is 19.6. The second-order valence-electron chi connectivity index (χ2n) is 7.03. The summed E-state index contributed by atoms with van der Waals surface area (Å²) in [5.74, 6) is 1.63. The number of hydrogen-bond donors (Lipinski definition) is 2. The molecule has 1 aromatic rings. The molecule has 24 heavy (non-hydrogen) atoms. The number of nitrogens with one attached hydrogen (secondary N) is 2. The molecule has 132 valence electrons. The zero-order chi connectivity index (χ0) is 16.8. The first-order valence-electron chi connectivity index (χ1n) is 9.39. The summed E-state index contributed by atoms with van der Waals surface area (Å²) in [6.07, 6.45) is 11.5. The van der Waals surface area contributed by atoms with E-state index in [-0.39, 0.29) is 0 Å². The first kappa shape index (κ1) is 17.4. The molecule has 2 N–H and O–H groups in total. The van der Waals surface area contributed by atoms with E-state index in [4.69, 9.17) is 12.2 Å². The molecule has 0 radical (unpaired) electrons. The van der Waals surface area contributed by atoms with Gasteiger partial charge in [-0.3, -0.25) is 0 Å². The second-order valence-corrected chi connectivity index (χ2v) is 7.43. The third-order valence-corrected chi connectivity index (χ3v) is 5.16. The molecular weight excluding hydrogens is 318 g/mol. The lowest BCUT2D eigenvalue weighted by Crippen LogP contribution is -2.38. The Hall–Kier alpha value is -1.43. The molecule has 1 aromatic heterocycles. The van der Waals surface area contributed by atoms with Crippen molar-refractivity contribution in [3.63, 3.8) is 0 Å². The molecule has 1 saturated heterocycles. The van der Waals surface area contributed by atoms with Crippen molar-refractivity contribution in [3.05, 3.63) is 11.8 Å². The number of anilines is 2. The lowest BCUT2D eigenvalue weighted by Gasteiger charge is -2.28. The smallest absolute Gasteiger partial charge is 0.231 e. The van der Waals surface area contributed by atoms with Gasteiger partial charge in [0.2, 0.25) is 5.95 Å². The van der Waals surface area contributed by atoms with Crippen molar-refractivity contribution in [1.82, 2.24) is 15.3 Å². The first-order chi connectivity index (χ1) is 11.7. The minimum atomic E-state index is 0.485. The van der Waals surface area contributed by atoms with Crippen LogP contribution in [0.2, 0.25) is 0 Å². The Bertz CT molecular complexity index is 548. The lowest BCUT2D eigenvalue weighted by atomic mass is 10.1. The molecule has 0 unspecified atom stereocenters. The van der Waals surface area contributed by atoms with Crippen molar-refractivity contribution in [2.75, 3.05) is 23.3 Å². The van der Waals surface area contributed by atoms with Crippen LogP contribution in [0.4, 0.5) is 11.8 Å². The summed E-state index contributed by atoms with van der Waals surface area (Å²) in [5.41, 5.74) is 0.977. The van der Waals surface area contributed by atoms with Crippen LogP contribution in [0.5, 0.6) is 0 Å². The van der Waals surface area contributed by atoms with Crippen LogP contribution in [0.1, 0.15) is 63.5 Å². The van der Waals surface area contributed by atoms with E-state index in [1.165, 1.54) is 57.8 Å². The zero-order valence-corrected chi connectivity index (χ0v) is 15.5. The third-order valence-electron chi connectivity index (χ3n) is 4.94. The quantitative estimate of drug-likeness (QED) is 0.641. The van der Waals surface area contributed by atoms with Gasteiger partial charge in [-0.1, -0.05) is 25.7 Å². The minimum Gasteiger partial charge on any atom is -0.360 e. The van der Waals surface area contributed by atoms with E-state index in [9.17, 15) is 0 Å². The van der Waals surface area contributed by atoms with Gasteiger partial charge in [0.1, 0.15) is 5.82 Å². The van der Waals surface area contributed by atoms with Crippen molar-refractivity contribution < 1.29 is 0 Å². The van der Waals surface area contributed by atoms with Crippen molar-refractivity contribution >= 4 is 29.1 Å². The van der Waals surface area contributed by atoms with Gasteiger partial charge in [-0.15, -0.1) is 0 Å². The molecule has 6 heteroatoms. The van der Waals surface area contributed by atoms with Gasteiger partial charge in [0.05, 0.1) is 0 Å². The average molecular weight is 348 g/mol. The van der Waals surface area contributed by atoms with E-state index in [0.29, 0.717) is 17.1 Å². The van der Waals surface area contributed by atoms with E-state index in [1.54, 1.807) is 0 Å². The van der Waals surface area contributed by atoms with Crippen LogP contribution in [-0.4, -0.2) is 34.2 Å². The highest BCUT2D eigenvalue weighted by Gasteiger charge is 2.16. The molecule has 0 spiro atoms. The van der Waals surface area contributed by atoms with Crippen LogP contribution in [0.25, 0.3) is 0 Å². The first-order valence-corrected chi connectivity index (χ1v) is 9.80. The van der Waals surface area contributed by atoms with Gasteiger partial charge >= 0.3 is 0 Å². The standard InChI is InChI=1S/C18H29N5S/c1-14-13-16(23-11-7-4-8-12-23)21-17(19-14)22-18(24)20-15-9-5-2-3-6-10-15/h13,15H,2-12H2,1H3,(H2,19,20,21,22,24). The molecule has 2 fully saturated rings. The van der Waals surface area contributed by atoms with Crippen molar-refractivity contribution in [1.29, 1.82) is 0 Å². The molecule has 2 heterocycles. The monoisotopic (exact) mass is 347 g/mol. The maximum absolute atomic E-state index is 5.49. The Labute approximate surface area is 150 Å². The highest BCUT2D eigenvalue weighted by Crippen LogP contribution is 2.20. The summed E-state index contributed by atoms with van der Waals surface area (Å²) in [6, 6.07) is 2.55. The highest BCUT2D eigenvalue weighted by molar-refractivity contribution is 7.80. The highest BCUT2D eigenvalue weighted by atomic mass is 32.1. The van der Waals surface area contributed by atoms with E-state index in [1.807, 2.05) is 6.92 Å². The van der Waals surface area contributed by atoms with Gasteiger partial charge in [0, 0.05) is 30.9 Å². The van der Waals surface area contributed by atoms with Crippen LogP contribution in [0, 0.1) is 6.92 Å². The van der Waals surface area contributed by atoms with E-state index >= 15 is 0 Å². The second kappa shape index (κ2) is 8.60. The summed E-state index contributed by atoms with van der Waals surface area (Å²) in [4.78, 5) is 11.5. The Morgan fingerprint density at radius 1 is 1.04 bits per heavy atom. The van der Waals surface area contributed by atoms with Crippen LogP contribution >= 0.6 is 12.2 Å². The van der Waals surface area contributed by atoms with Gasteiger partial charge in [0.25, 0.3) is 0 Å². The van der Waals surface area contributed by atoms with E-state index < -0.39 is 0 Å². The number of hydrogen-bond acceptors (Lipinski definition) is 4. The van der Waals surface area contributed by atoms with Gasteiger partial charge in [-0.2, -0.15) is 4.98 Å². The number of aromatic nitrogens is 2. The number of aryl methyl sites for hydroxylation is 1. The Morgan fingerprint density at radius 2 is 1.71 bits per heavy atom. The van der Waals surface area contributed by atoms with Crippen LogP contribution < -0.4 is 15.5 Å².